The standard InChI is InChI=1S/C22H30O5/c23-17(14-16-8-4-3-5-9-16)12-13-19-18(20(24)15-21(19)25)10-6-1-2-7-11-22(26)27/h3-5,8-9,12-13,17-19,21,23,25H,1-2,6-7,10-11,14-15H2,(H,26,27)/b13-12+/t17-,18-,19+,21-/m0/s1. The molecule has 0 amide bonds. The van der Waals surface area contributed by atoms with Crippen molar-refractivity contribution in [3.05, 3.63) is 48.0 Å². The Morgan fingerprint density at radius 3 is 2.56 bits per heavy atom. The maximum atomic E-state index is 12.2. The quantitative estimate of drug-likeness (QED) is 0.409. The average molecular weight is 374 g/mol. The molecule has 27 heavy (non-hydrogen) atoms. The number of carbonyl (C=O) groups is 2. The molecule has 3 N–H and O–H groups in total. The van der Waals surface area contributed by atoms with Crippen molar-refractivity contribution in [1.82, 2.24) is 0 Å². The fraction of sp³-hybridized carbons (Fsp3) is 0.545. The first-order chi connectivity index (χ1) is 13.0. The molecule has 0 radical (unpaired) electrons. The van der Waals surface area contributed by atoms with Gasteiger partial charge in [-0.05, 0) is 18.4 Å². The summed E-state index contributed by atoms with van der Waals surface area (Å²) < 4.78 is 0. The molecule has 1 aromatic rings. The lowest BCUT2D eigenvalue weighted by Gasteiger charge is -2.18. The van der Waals surface area contributed by atoms with Gasteiger partial charge >= 0.3 is 5.97 Å². The molecule has 1 saturated carbocycles. The zero-order valence-electron chi connectivity index (χ0n) is 15.7. The lowest BCUT2D eigenvalue weighted by molar-refractivity contribution is -0.137. The number of hydrogen-bond acceptors (Lipinski definition) is 4. The molecule has 1 aliphatic carbocycles. The van der Waals surface area contributed by atoms with Gasteiger partial charge in [-0.3, -0.25) is 9.59 Å². The summed E-state index contributed by atoms with van der Waals surface area (Å²) in [5.41, 5.74) is 1.04. The molecule has 1 fully saturated rings. The van der Waals surface area contributed by atoms with E-state index in [1.807, 2.05) is 30.3 Å². The van der Waals surface area contributed by atoms with Crippen LogP contribution in [0.25, 0.3) is 0 Å². The van der Waals surface area contributed by atoms with Crippen LogP contribution in [0.4, 0.5) is 0 Å². The Kier molecular flexibility index (Phi) is 8.69. The molecule has 148 valence electrons. The fourth-order valence-corrected chi connectivity index (χ4v) is 3.77. The van der Waals surface area contributed by atoms with Crippen LogP contribution in [0, 0.1) is 11.8 Å². The van der Waals surface area contributed by atoms with Crippen LogP contribution < -0.4 is 0 Å². The van der Waals surface area contributed by atoms with Crippen LogP contribution in [0.1, 0.15) is 50.5 Å². The van der Waals surface area contributed by atoms with E-state index in [-0.39, 0.29) is 30.5 Å². The van der Waals surface area contributed by atoms with Crippen molar-refractivity contribution in [1.29, 1.82) is 0 Å². The van der Waals surface area contributed by atoms with E-state index in [1.165, 1.54) is 0 Å². The molecule has 0 saturated heterocycles. The number of aliphatic carboxylic acids is 1. The SMILES string of the molecule is O=C(O)CCCCCC[C@@H]1C(=O)C[C@H](O)[C@@H]1/C=C/[C@H](O)Cc1ccccc1. The number of Topliss-reactive ketones (excluding diaryl/α,β-unsaturated/α-hetero) is 1. The molecular formula is C22H30O5. The van der Waals surface area contributed by atoms with Gasteiger partial charge in [0.05, 0.1) is 12.2 Å². The topological polar surface area (TPSA) is 94.8 Å². The van der Waals surface area contributed by atoms with Gasteiger partial charge in [0.25, 0.3) is 0 Å². The molecule has 5 nitrogen and oxygen atoms in total. The van der Waals surface area contributed by atoms with Gasteiger partial charge in [-0.2, -0.15) is 0 Å². The summed E-state index contributed by atoms with van der Waals surface area (Å²) in [4.78, 5) is 22.7. The highest BCUT2D eigenvalue weighted by atomic mass is 16.4. The highest BCUT2D eigenvalue weighted by molar-refractivity contribution is 5.84. The number of unbranched alkanes of at least 4 members (excludes halogenated alkanes) is 3. The van der Waals surface area contributed by atoms with E-state index < -0.39 is 18.2 Å². The van der Waals surface area contributed by atoms with Gasteiger partial charge in [-0.15, -0.1) is 0 Å². The van der Waals surface area contributed by atoms with Crippen molar-refractivity contribution in [2.45, 2.75) is 63.6 Å². The number of aliphatic hydroxyl groups is 2. The van der Waals surface area contributed by atoms with Gasteiger partial charge in [0, 0.05) is 31.1 Å². The van der Waals surface area contributed by atoms with Crippen molar-refractivity contribution < 1.29 is 24.9 Å². The number of hydrogen-bond donors (Lipinski definition) is 3. The second kappa shape index (κ2) is 11.0. The number of rotatable bonds is 11. The minimum Gasteiger partial charge on any atom is -0.481 e. The number of ketones is 1. The minimum absolute atomic E-state index is 0.0836. The van der Waals surface area contributed by atoms with Gasteiger partial charge in [-0.25, -0.2) is 0 Å². The monoisotopic (exact) mass is 374 g/mol. The van der Waals surface area contributed by atoms with E-state index in [1.54, 1.807) is 12.2 Å². The van der Waals surface area contributed by atoms with E-state index in [0.29, 0.717) is 19.3 Å². The molecule has 1 aromatic carbocycles. The number of carbonyl (C=O) groups excluding carboxylic acids is 1. The Morgan fingerprint density at radius 1 is 1.15 bits per heavy atom. The lowest BCUT2D eigenvalue weighted by atomic mass is 9.88. The smallest absolute Gasteiger partial charge is 0.303 e. The molecule has 0 bridgehead atoms. The van der Waals surface area contributed by atoms with Crippen molar-refractivity contribution in [3.8, 4) is 0 Å². The number of carboxylic acid groups (broad SMARTS) is 1. The lowest BCUT2D eigenvalue weighted by Crippen LogP contribution is -2.19. The predicted octanol–water partition coefficient (Wildman–Crippen LogP) is 3.14. The molecule has 0 aliphatic heterocycles. The fourth-order valence-electron chi connectivity index (χ4n) is 3.77. The Hall–Kier alpha value is -1.98. The summed E-state index contributed by atoms with van der Waals surface area (Å²) in [5.74, 6) is -1.15. The van der Waals surface area contributed by atoms with Crippen molar-refractivity contribution in [2.75, 3.05) is 0 Å². The van der Waals surface area contributed by atoms with E-state index in [4.69, 9.17) is 5.11 Å². The zero-order chi connectivity index (χ0) is 19.6. The first kappa shape index (κ1) is 21.3. The largest absolute Gasteiger partial charge is 0.481 e. The Bertz CT molecular complexity index is 625. The summed E-state index contributed by atoms with van der Waals surface area (Å²) in [6, 6.07) is 9.70. The maximum Gasteiger partial charge on any atom is 0.303 e. The van der Waals surface area contributed by atoms with Gasteiger partial charge in [0.1, 0.15) is 5.78 Å². The second-order valence-electron chi connectivity index (χ2n) is 7.41. The minimum atomic E-state index is -0.775. The van der Waals surface area contributed by atoms with Crippen molar-refractivity contribution in [2.24, 2.45) is 11.8 Å². The normalized spacial score (nSPS) is 23.8. The summed E-state index contributed by atoms with van der Waals surface area (Å²) >= 11 is 0. The van der Waals surface area contributed by atoms with Crippen LogP contribution in [-0.4, -0.2) is 39.3 Å². The molecule has 0 aromatic heterocycles. The summed E-state index contributed by atoms with van der Waals surface area (Å²) in [5, 5.41) is 29.1. The third-order valence-electron chi connectivity index (χ3n) is 5.23. The van der Waals surface area contributed by atoms with Gasteiger partial charge in [0.15, 0.2) is 0 Å². The number of carboxylic acids is 1. The van der Waals surface area contributed by atoms with Crippen molar-refractivity contribution >= 4 is 11.8 Å². The molecule has 4 atom stereocenters. The third kappa shape index (κ3) is 7.27. The van der Waals surface area contributed by atoms with E-state index >= 15 is 0 Å². The molecule has 5 heteroatoms. The van der Waals surface area contributed by atoms with Crippen molar-refractivity contribution in [3.63, 3.8) is 0 Å². The van der Waals surface area contributed by atoms with Gasteiger partial charge < -0.3 is 15.3 Å². The Morgan fingerprint density at radius 2 is 1.85 bits per heavy atom. The third-order valence-corrected chi connectivity index (χ3v) is 5.23. The predicted molar refractivity (Wildman–Crippen MR) is 103 cm³/mol. The first-order valence-corrected chi connectivity index (χ1v) is 9.80. The zero-order valence-corrected chi connectivity index (χ0v) is 15.7. The summed E-state index contributed by atoms with van der Waals surface area (Å²) in [6.07, 6.45) is 6.96. The van der Waals surface area contributed by atoms with Crippen LogP contribution in [0.2, 0.25) is 0 Å². The Labute approximate surface area is 160 Å². The Balaban J connectivity index is 1.81. The highest BCUT2D eigenvalue weighted by Crippen LogP contribution is 2.34. The maximum absolute atomic E-state index is 12.2. The summed E-state index contributed by atoms with van der Waals surface area (Å²) in [6.45, 7) is 0. The first-order valence-electron chi connectivity index (χ1n) is 9.80. The second-order valence-corrected chi connectivity index (χ2v) is 7.41. The van der Waals surface area contributed by atoms with Crippen LogP contribution in [-0.2, 0) is 16.0 Å². The molecule has 0 spiro atoms. The van der Waals surface area contributed by atoms with Crippen LogP contribution in [0.5, 0.6) is 0 Å². The van der Waals surface area contributed by atoms with E-state index in [9.17, 15) is 19.8 Å². The number of benzene rings is 1. The number of aliphatic hydroxyl groups excluding tert-OH is 2. The van der Waals surface area contributed by atoms with Crippen LogP contribution in [0.15, 0.2) is 42.5 Å². The van der Waals surface area contributed by atoms with E-state index in [0.717, 1.165) is 24.8 Å². The van der Waals surface area contributed by atoms with Crippen LogP contribution >= 0.6 is 0 Å². The highest BCUT2D eigenvalue weighted by Gasteiger charge is 2.39. The average Bonchev–Trinajstić information content (AvgIpc) is 2.89. The molecule has 0 heterocycles. The van der Waals surface area contributed by atoms with Gasteiger partial charge in [0.2, 0.25) is 0 Å². The van der Waals surface area contributed by atoms with Gasteiger partial charge in [-0.1, -0.05) is 61.7 Å². The van der Waals surface area contributed by atoms with Crippen LogP contribution in [0.3, 0.4) is 0 Å². The summed E-state index contributed by atoms with van der Waals surface area (Å²) in [7, 11) is 0. The molecule has 0 unspecified atom stereocenters. The molecular weight excluding hydrogens is 344 g/mol. The molecule has 1 aliphatic rings. The van der Waals surface area contributed by atoms with E-state index in [2.05, 4.69) is 0 Å². The molecule has 2 rings (SSSR count).